The molecular weight excluding hydrogens is 220 g/mol. The minimum atomic E-state index is 0.331. The number of hydrogen-bond donors (Lipinski definition) is 2. The zero-order valence-corrected chi connectivity index (χ0v) is 10.8. The molecule has 1 unspecified atom stereocenters. The fourth-order valence-corrected chi connectivity index (χ4v) is 1.69. The van der Waals surface area contributed by atoms with Gasteiger partial charge in [0.15, 0.2) is 0 Å². The summed E-state index contributed by atoms with van der Waals surface area (Å²) < 4.78 is 9.21. The van der Waals surface area contributed by atoms with Crippen LogP contribution in [-0.2, 0) is 9.47 Å². The van der Waals surface area contributed by atoms with Gasteiger partial charge in [0, 0.05) is 13.2 Å². The van der Waals surface area contributed by atoms with Crippen LogP contribution in [0.3, 0.4) is 0 Å². The lowest BCUT2D eigenvalue weighted by Crippen LogP contribution is -2.19. The molecule has 0 aromatic rings. The van der Waals surface area contributed by atoms with Crippen LogP contribution in [0.4, 0.5) is 0 Å². The number of hydrogen-bond acceptors (Lipinski definition) is 4. The Morgan fingerprint density at radius 3 is 1.35 bits per heavy atom. The molecule has 2 aliphatic heterocycles. The van der Waals surface area contributed by atoms with Crippen molar-refractivity contribution in [1.29, 1.82) is 0 Å². The topological polar surface area (TPSA) is 65.5 Å². The van der Waals surface area contributed by atoms with E-state index in [-0.39, 0.29) is 0 Å². The van der Waals surface area contributed by atoms with Crippen LogP contribution in [0.2, 0.25) is 0 Å². The summed E-state index contributed by atoms with van der Waals surface area (Å²) in [6.07, 6.45) is 4.98. The van der Waals surface area contributed by atoms with Crippen LogP contribution in [0.5, 0.6) is 0 Å². The Labute approximate surface area is 104 Å². The first-order chi connectivity index (χ1) is 8.26. The lowest BCUT2D eigenvalue weighted by molar-refractivity contribution is 0.131. The van der Waals surface area contributed by atoms with Gasteiger partial charge in [-0.3, -0.25) is 0 Å². The van der Waals surface area contributed by atoms with Crippen LogP contribution in [0.25, 0.3) is 0 Å². The SMILES string of the molecule is C1CO1.CC1CO1.OCC1CCC(CO)CC1. The maximum absolute atomic E-state index is 8.79. The van der Waals surface area contributed by atoms with E-state index in [1.54, 1.807) is 0 Å². The number of ether oxygens (including phenoxy) is 2. The second kappa shape index (κ2) is 8.86. The molecule has 0 aromatic carbocycles. The summed E-state index contributed by atoms with van der Waals surface area (Å²) in [4.78, 5) is 0. The Hall–Kier alpha value is -0.160. The molecule has 0 aromatic heterocycles. The zero-order valence-electron chi connectivity index (χ0n) is 10.8. The van der Waals surface area contributed by atoms with Crippen molar-refractivity contribution >= 4 is 0 Å². The van der Waals surface area contributed by atoms with Gasteiger partial charge in [-0.25, -0.2) is 0 Å². The van der Waals surface area contributed by atoms with Crippen molar-refractivity contribution in [2.24, 2.45) is 11.8 Å². The highest BCUT2D eigenvalue weighted by molar-refractivity contribution is 4.70. The van der Waals surface area contributed by atoms with Gasteiger partial charge < -0.3 is 19.7 Å². The van der Waals surface area contributed by atoms with Crippen molar-refractivity contribution in [3.8, 4) is 0 Å². The minimum Gasteiger partial charge on any atom is -0.396 e. The van der Waals surface area contributed by atoms with Crippen molar-refractivity contribution < 1.29 is 19.7 Å². The summed E-state index contributed by atoms with van der Waals surface area (Å²) in [5, 5.41) is 17.6. The predicted molar refractivity (Wildman–Crippen MR) is 65.9 cm³/mol. The molecular formula is C13H26O4. The summed E-state index contributed by atoms with van der Waals surface area (Å²) in [6, 6.07) is 0. The lowest BCUT2D eigenvalue weighted by Gasteiger charge is -2.25. The predicted octanol–water partition coefficient (Wildman–Crippen LogP) is 1.20. The fourth-order valence-electron chi connectivity index (χ4n) is 1.69. The Kier molecular flexibility index (Phi) is 7.77. The molecule has 3 rings (SSSR count). The van der Waals surface area contributed by atoms with Gasteiger partial charge in [-0.1, -0.05) is 0 Å². The Bertz CT molecular complexity index is 158. The first-order valence-corrected chi connectivity index (χ1v) is 6.67. The minimum absolute atomic E-state index is 0.331. The summed E-state index contributed by atoms with van der Waals surface area (Å²) in [7, 11) is 0. The zero-order chi connectivity index (χ0) is 12.5. The average Bonchev–Trinajstić information content (AvgIpc) is 3.23. The maximum Gasteiger partial charge on any atom is 0.0781 e. The summed E-state index contributed by atoms with van der Waals surface area (Å²) in [5.41, 5.74) is 0. The molecule has 0 amide bonds. The first-order valence-electron chi connectivity index (χ1n) is 6.67. The molecule has 0 spiro atoms. The smallest absolute Gasteiger partial charge is 0.0781 e. The molecule has 4 heteroatoms. The summed E-state index contributed by atoms with van der Waals surface area (Å²) in [5.74, 6) is 1.03. The molecule has 2 saturated heterocycles. The molecule has 3 fully saturated rings. The Morgan fingerprint density at radius 2 is 1.24 bits per heavy atom. The molecule has 17 heavy (non-hydrogen) atoms. The van der Waals surface area contributed by atoms with Crippen LogP contribution in [0, 0.1) is 11.8 Å². The van der Waals surface area contributed by atoms with Gasteiger partial charge in [-0.2, -0.15) is 0 Å². The summed E-state index contributed by atoms with van der Waals surface area (Å²) in [6.45, 7) is 5.70. The number of epoxide rings is 2. The summed E-state index contributed by atoms with van der Waals surface area (Å²) >= 11 is 0. The average molecular weight is 246 g/mol. The van der Waals surface area contributed by atoms with Gasteiger partial charge in [0.1, 0.15) is 0 Å². The van der Waals surface area contributed by atoms with E-state index in [1.807, 2.05) is 0 Å². The van der Waals surface area contributed by atoms with Gasteiger partial charge in [0.05, 0.1) is 25.9 Å². The largest absolute Gasteiger partial charge is 0.396 e. The molecule has 0 radical (unpaired) electrons. The van der Waals surface area contributed by atoms with Crippen LogP contribution in [0.1, 0.15) is 32.6 Å². The van der Waals surface area contributed by atoms with Gasteiger partial charge in [-0.05, 0) is 44.4 Å². The lowest BCUT2D eigenvalue weighted by atomic mass is 9.83. The van der Waals surface area contributed by atoms with Crippen molar-refractivity contribution in [3.05, 3.63) is 0 Å². The molecule has 1 saturated carbocycles. The molecule has 4 nitrogen and oxygen atoms in total. The van der Waals surface area contributed by atoms with Crippen molar-refractivity contribution in [2.75, 3.05) is 33.0 Å². The normalized spacial score (nSPS) is 33.7. The van der Waals surface area contributed by atoms with Crippen molar-refractivity contribution in [1.82, 2.24) is 0 Å². The van der Waals surface area contributed by atoms with E-state index in [9.17, 15) is 0 Å². The third-order valence-corrected chi connectivity index (χ3v) is 3.19. The second-order valence-electron chi connectivity index (χ2n) is 5.01. The van der Waals surface area contributed by atoms with E-state index >= 15 is 0 Å². The van der Waals surface area contributed by atoms with Gasteiger partial charge >= 0.3 is 0 Å². The first kappa shape index (κ1) is 14.9. The Balaban J connectivity index is 0.000000166. The highest BCUT2D eigenvalue weighted by Crippen LogP contribution is 2.27. The van der Waals surface area contributed by atoms with Crippen LogP contribution >= 0.6 is 0 Å². The van der Waals surface area contributed by atoms with E-state index in [0.29, 0.717) is 31.2 Å². The van der Waals surface area contributed by atoms with Crippen molar-refractivity contribution in [2.45, 2.75) is 38.7 Å². The number of aliphatic hydroxyl groups excluding tert-OH is 2. The maximum atomic E-state index is 8.79. The van der Waals surface area contributed by atoms with Crippen LogP contribution in [0.15, 0.2) is 0 Å². The molecule has 1 atom stereocenters. The molecule has 1 aliphatic carbocycles. The van der Waals surface area contributed by atoms with Crippen LogP contribution in [-0.4, -0.2) is 49.4 Å². The van der Waals surface area contributed by atoms with E-state index in [0.717, 1.165) is 45.5 Å². The highest BCUT2D eigenvalue weighted by atomic mass is 16.6. The number of aliphatic hydroxyl groups is 2. The molecule has 3 aliphatic rings. The van der Waals surface area contributed by atoms with Crippen molar-refractivity contribution in [3.63, 3.8) is 0 Å². The van der Waals surface area contributed by atoms with Gasteiger partial charge in [0.2, 0.25) is 0 Å². The molecule has 2 heterocycles. The standard InChI is InChI=1S/C8H16O2.C3H6O.C2H4O/c9-5-7-1-2-8(6-10)4-3-7;1-3-2-4-3;1-2-3-1/h7-10H,1-6H2;3H,2H2,1H3;1-2H2. The fraction of sp³-hybridized carbons (Fsp3) is 1.00. The molecule has 2 N–H and O–H groups in total. The van der Waals surface area contributed by atoms with E-state index in [2.05, 4.69) is 11.7 Å². The Morgan fingerprint density at radius 1 is 0.941 bits per heavy atom. The van der Waals surface area contributed by atoms with Crippen LogP contribution < -0.4 is 0 Å². The van der Waals surface area contributed by atoms with E-state index in [1.165, 1.54) is 0 Å². The van der Waals surface area contributed by atoms with Gasteiger partial charge in [0.25, 0.3) is 0 Å². The van der Waals surface area contributed by atoms with E-state index in [4.69, 9.17) is 14.9 Å². The molecule has 102 valence electrons. The third kappa shape index (κ3) is 9.53. The number of rotatable bonds is 2. The van der Waals surface area contributed by atoms with E-state index < -0.39 is 0 Å². The third-order valence-electron chi connectivity index (χ3n) is 3.19. The monoisotopic (exact) mass is 246 g/mol. The molecule has 0 bridgehead atoms. The highest BCUT2D eigenvalue weighted by Gasteiger charge is 2.19. The quantitative estimate of drug-likeness (QED) is 0.719. The van der Waals surface area contributed by atoms with Gasteiger partial charge in [-0.15, -0.1) is 0 Å². The second-order valence-corrected chi connectivity index (χ2v) is 5.01.